The van der Waals surface area contributed by atoms with Gasteiger partial charge in [-0.25, -0.2) is 4.79 Å². The molecule has 3 amide bonds. The number of likely N-dealkylation sites (tertiary alicyclic amines) is 1. The number of amides is 3. The average Bonchev–Trinajstić information content (AvgIpc) is 2.45. The zero-order valence-electron chi connectivity index (χ0n) is 12.0. The van der Waals surface area contributed by atoms with Gasteiger partial charge in [-0.15, -0.1) is 0 Å². The summed E-state index contributed by atoms with van der Waals surface area (Å²) in [5.74, 6) is -1.12. The first-order chi connectivity index (χ1) is 9.49. The van der Waals surface area contributed by atoms with E-state index >= 15 is 0 Å². The molecule has 20 heavy (non-hydrogen) atoms. The number of carboxylic acid groups (broad SMARTS) is 1. The Hall–Kier alpha value is -1.79. The molecule has 1 rings (SSSR count). The second-order valence-electron chi connectivity index (χ2n) is 4.97. The third-order valence-electron chi connectivity index (χ3n) is 3.55. The number of carbonyl (C=O) groups is 3. The molecule has 3 N–H and O–H groups in total. The van der Waals surface area contributed by atoms with Gasteiger partial charge in [-0.3, -0.25) is 9.59 Å². The van der Waals surface area contributed by atoms with Gasteiger partial charge < -0.3 is 20.6 Å². The molecule has 0 aliphatic carbocycles. The van der Waals surface area contributed by atoms with Crippen LogP contribution in [0.1, 0.15) is 39.0 Å². The summed E-state index contributed by atoms with van der Waals surface area (Å²) in [5.41, 5.74) is 0. The number of piperidine rings is 1. The fraction of sp³-hybridized carbons (Fsp3) is 0.769. The molecule has 7 nitrogen and oxygen atoms in total. The lowest BCUT2D eigenvalue weighted by Gasteiger charge is -2.35. The molecule has 1 aliphatic heterocycles. The molecule has 0 radical (unpaired) electrons. The molecule has 0 aromatic heterocycles. The third-order valence-corrected chi connectivity index (χ3v) is 3.55. The van der Waals surface area contributed by atoms with Crippen LogP contribution >= 0.6 is 0 Å². The molecular formula is C13H23N3O4. The van der Waals surface area contributed by atoms with Crippen LogP contribution in [0.3, 0.4) is 0 Å². The topological polar surface area (TPSA) is 98.7 Å². The van der Waals surface area contributed by atoms with Crippen molar-refractivity contribution >= 4 is 17.9 Å². The van der Waals surface area contributed by atoms with E-state index in [0.29, 0.717) is 19.4 Å². The lowest BCUT2D eigenvalue weighted by molar-refractivity contribution is -0.137. The summed E-state index contributed by atoms with van der Waals surface area (Å²) >= 11 is 0. The van der Waals surface area contributed by atoms with Gasteiger partial charge in [0.05, 0.1) is 6.42 Å². The van der Waals surface area contributed by atoms with Gasteiger partial charge >= 0.3 is 12.0 Å². The Kier molecular flexibility index (Phi) is 6.27. The van der Waals surface area contributed by atoms with Crippen molar-refractivity contribution in [3.05, 3.63) is 0 Å². The smallest absolute Gasteiger partial charge is 0.318 e. The number of carbonyl (C=O) groups excluding carboxylic acids is 2. The van der Waals surface area contributed by atoms with Gasteiger partial charge in [-0.05, 0) is 25.7 Å². The Morgan fingerprint density at radius 1 is 1.35 bits per heavy atom. The molecule has 1 fully saturated rings. The molecule has 1 saturated heterocycles. The second kappa shape index (κ2) is 7.72. The van der Waals surface area contributed by atoms with Crippen molar-refractivity contribution in [2.24, 2.45) is 0 Å². The SMILES string of the molecule is CCC(CC(=O)O)NC(=O)N1CCCCC1C(=O)NC. The van der Waals surface area contributed by atoms with E-state index in [2.05, 4.69) is 10.6 Å². The Morgan fingerprint density at radius 3 is 2.60 bits per heavy atom. The molecule has 0 aromatic carbocycles. The van der Waals surface area contributed by atoms with E-state index in [9.17, 15) is 14.4 Å². The molecule has 0 saturated carbocycles. The summed E-state index contributed by atoms with van der Waals surface area (Å²) < 4.78 is 0. The lowest BCUT2D eigenvalue weighted by Crippen LogP contribution is -2.56. The highest BCUT2D eigenvalue weighted by Crippen LogP contribution is 2.17. The van der Waals surface area contributed by atoms with E-state index < -0.39 is 18.1 Å². The molecule has 2 atom stereocenters. The molecule has 0 bridgehead atoms. The Bertz CT molecular complexity index is 373. The van der Waals surface area contributed by atoms with Gasteiger partial charge in [-0.1, -0.05) is 6.92 Å². The standard InChI is InChI=1S/C13H23N3O4/c1-3-9(8-11(17)18)15-13(20)16-7-5-4-6-10(16)12(19)14-2/h9-10H,3-8H2,1-2H3,(H,14,19)(H,15,20)(H,17,18). The first-order valence-corrected chi connectivity index (χ1v) is 7.00. The van der Waals surface area contributed by atoms with Gasteiger partial charge in [-0.2, -0.15) is 0 Å². The number of urea groups is 1. The normalized spacial score (nSPS) is 20.1. The minimum Gasteiger partial charge on any atom is -0.481 e. The maximum atomic E-state index is 12.2. The van der Waals surface area contributed by atoms with Crippen LogP contribution in [0.15, 0.2) is 0 Å². The number of rotatable bonds is 5. The quantitative estimate of drug-likeness (QED) is 0.687. The van der Waals surface area contributed by atoms with Crippen molar-refractivity contribution in [1.29, 1.82) is 0 Å². The van der Waals surface area contributed by atoms with E-state index in [0.717, 1.165) is 12.8 Å². The first kappa shape index (κ1) is 16.3. The minimum atomic E-state index is -0.946. The van der Waals surface area contributed by atoms with Crippen molar-refractivity contribution < 1.29 is 19.5 Å². The van der Waals surface area contributed by atoms with Crippen molar-refractivity contribution in [2.75, 3.05) is 13.6 Å². The van der Waals surface area contributed by atoms with Crippen LogP contribution in [0.4, 0.5) is 4.79 Å². The largest absolute Gasteiger partial charge is 0.481 e. The number of nitrogens with one attached hydrogen (secondary N) is 2. The number of nitrogens with zero attached hydrogens (tertiary/aromatic N) is 1. The van der Waals surface area contributed by atoms with Crippen molar-refractivity contribution in [3.63, 3.8) is 0 Å². The number of hydrogen-bond acceptors (Lipinski definition) is 3. The van der Waals surface area contributed by atoms with Crippen LogP contribution in [-0.2, 0) is 9.59 Å². The monoisotopic (exact) mass is 285 g/mol. The van der Waals surface area contributed by atoms with E-state index in [1.807, 2.05) is 6.92 Å². The molecule has 0 aromatic rings. The van der Waals surface area contributed by atoms with Crippen molar-refractivity contribution in [1.82, 2.24) is 15.5 Å². The van der Waals surface area contributed by atoms with Crippen molar-refractivity contribution in [2.45, 2.75) is 51.1 Å². The van der Waals surface area contributed by atoms with Gasteiger partial charge in [0.25, 0.3) is 0 Å². The number of aliphatic carboxylic acids is 1. The highest BCUT2D eigenvalue weighted by atomic mass is 16.4. The van der Waals surface area contributed by atoms with E-state index in [-0.39, 0.29) is 18.4 Å². The highest BCUT2D eigenvalue weighted by Gasteiger charge is 2.32. The summed E-state index contributed by atoms with van der Waals surface area (Å²) in [6, 6.07) is -1.23. The lowest BCUT2D eigenvalue weighted by atomic mass is 10.0. The van der Waals surface area contributed by atoms with Gasteiger partial charge in [0.2, 0.25) is 5.91 Å². The first-order valence-electron chi connectivity index (χ1n) is 7.00. The predicted octanol–water partition coefficient (Wildman–Crippen LogP) is 0.550. The Balaban J connectivity index is 2.67. The van der Waals surface area contributed by atoms with Gasteiger partial charge in [0.15, 0.2) is 0 Å². The molecule has 0 spiro atoms. The van der Waals surface area contributed by atoms with Crippen molar-refractivity contribution in [3.8, 4) is 0 Å². The molecule has 2 unspecified atom stereocenters. The minimum absolute atomic E-state index is 0.110. The summed E-state index contributed by atoms with van der Waals surface area (Å²) in [4.78, 5) is 36.2. The van der Waals surface area contributed by atoms with E-state index in [1.54, 1.807) is 7.05 Å². The zero-order valence-corrected chi connectivity index (χ0v) is 12.0. The molecule has 1 aliphatic rings. The second-order valence-corrected chi connectivity index (χ2v) is 4.97. The zero-order chi connectivity index (χ0) is 15.1. The maximum absolute atomic E-state index is 12.2. The van der Waals surface area contributed by atoms with Crippen LogP contribution in [0.2, 0.25) is 0 Å². The summed E-state index contributed by atoms with van der Waals surface area (Å²) in [6.45, 7) is 2.34. The van der Waals surface area contributed by atoms with E-state index in [4.69, 9.17) is 5.11 Å². The molecule has 1 heterocycles. The van der Waals surface area contributed by atoms with Crippen LogP contribution in [-0.4, -0.2) is 53.6 Å². The summed E-state index contributed by atoms with van der Waals surface area (Å²) in [6.07, 6.45) is 2.84. The van der Waals surface area contributed by atoms with Crippen LogP contribution < -0.4 is 10.6 Å². The number of likely N-dealkylation sites (N-methyl/N-ethyl adjacent to an activating group) is 1. The molecule has 114 valence electrons. The highest BCUT2D eigenvalue weighted by molar-refractivity contribution is 5.87. The summed E-state index contributed by atoms with van der Waals surface area (Å²) in [7, 11) is 1.55. The fourth-order valence-electron chi connectivity index (χ4n) is 2.38. The van der Waals surface area contributed by atoms with Gasteiger partial charge in [0, 0.05) is 19.6 Å². The Labute approximate surface area is 118 Å². The summed E-state index contributed by atoms with van der Waals surface area (Å²) in [5, 5.41) is 14.1. The fourth-order valence-corrected chi connectivity index (χ4v) is 2.38. The van der Waals surface area contributed by atoms with Crippen LogP contribution in [0.5, 0.6) is 0 Å². The maximum Gasteiger partial charge on any atom is 0.318 e. The third kappa shape index (κ3) is 4.40. The molecule has 7 heteroatoms. The van der Waals surface area contributed by atoms with Gasteiger partial charge in [0.1, 0.15) is 6.04 Å². The average molecular weight is 285 g/mol. The van der Waals surface area contributed by atoms with Crippen LogP contribution in [0, 0.1) is 0 Å². The predicted molar refractivity (Wildman–Crippen MR) is 73.3 cm³/mol. The van der Waals surface area contributed by atoms with Crippen LogP contribution in [0.25, 0.3) is 0 Å². The van der Waals surface area contributed by atoms with E-state index in [1.165, 1.54) is 4.90 Å². The Morgan fingerprint density at radius 2 is 2.05 bits per heavy atom. The molecular weight excluding hydrogens is 262 g/mol. The number of hydrogen-bond donors (Lipinski definition) is 3. The number of carboxylic acids is 1.